The SMILES string of the molecule is Cc1cc(F)ccc1Cn1nc(C)c(I)c1N. The number of nitrogens with zero attached hydrogens (tertiary/aromatic N) is 2. The zero-order chi connectivity index (χ0) is 12.6. The summed E-state index contributed by atoms with van der Waals surface area (Å²) in [4.78, 5) is 0. The van der Waals surface area contributed by atoms with E-state index in [-0.39, 0.29) is 5.82 Å². The molecule has 2 aromatic rings. The molecule has 0 amide bonds. The minimum atomic E-state index is -0.217. The highest BCUT2D eigenvalue weighted by Gasteiger charge is 2.10. The summed E-state index contributed by atoms with van der Waals surface area (Å²) in [5.74, 6) is 0.442. The van der Waals surface area contributed by atoms with Crippen LogP contribution in [0.1, 0.15) is 16.8 Å². The maximum Gasteiger partial charge on any atom is 0.135 e. The molecule has 1 aromatic heterocycles. The van der Waals surface area contributed by atoms with Crippen LogP contribution in [0.5, 0.6) is 0 Å². The third kappa shape index (κ3) is 2.43. The summed E-state index contributed by atoms with van der Waals surface area (Å²) in [5.41, 5.74) is 8.80. The van der Waals surface area contributed by atoms with E-state index < -0.39 is 0 Å². The maximum absolute atomic E-state index is 13.0. The Morgan fingerprint density at radius 1 is 1.41 bits per heavy atom. The number of anilines is 1. The summed E-state index contributed by atoms with van der Waals surface area (Å²) in [5, 5.41) is 4.36. The van der Waals surface area contributed by atoms with Gasteiger partial charge in [0.1, 0.15) is 11.6 Å². The van der Waals surface area contributed by atoms with Crippen LogP contribution in [0.4, 0.5) is 10.2 Å². The van der Waals surface area contributed by atoms with Crippen LogP contribution < -0.4 is 5.73 Å². The number of halogens is 2. The molecule has 3 nitrogen and oxygen atoms in total. The normalized spacial score (nSPS) is 10.8. The first kappa shape index (κ1) is 12.3. The molecular weight excluding hydrogens is 332 g/mol. The highest BCUT2D eigenvalue weighted by atomic mass is 127. The summed E-state index contributed by atoms with van der Waals surface area (Å²) < 4.78 is 15.7. The molecule has 90 valence electrons. The second kappa shape index (κ2) is 4.64. The Labute approximate surface area is 113 Å². The quantitative estimate of drug-likeness (QED) is 0.851. The first-order valence-corrected chi connectivity index (χ1v) is 6.30. The van der Waals surface area contributed by atoms with Gasteiger partial charge >= 0.3 is 0 Å². The van der Waals surface area contributed by atoms with Crippen LogP contribution >= 0.6 is 22.6 Å². The molecule has 0 aliphatic heterocycles. The van der Waals surface area contributed by atoms with E-state index in [0.29, 0.717) is 12.4 Å². The molecule has 5 heteroatoms. The van der Waals surface area contributed by atoms with Crippen molar-refractivity contribution in [2.24, 2.45) is 0 Å². The Bertz CT molecular complexity index is 563. The van der Waals surface area contributed by atoms with Crippen molar-refractivity contribution in [3.05, 3.63) is 44.4 Å². The van der Waals surface area contributed by atoms with E-state index in [1.807, 2.05) is 13.8 Å². The molecule has 0 aliphatic rings. The zero-order valence-corrected chi connectivity index (χ0v) is 11.8. The second-order valence-corrected chi connectivity index (χ2v) is 5.09. The number of rotatable bonds is 2. The average Bonchev–Trinajstić information content (AvgIpc) is 2.50. The van der Waals surface area contributed by atoms with E-state index in [2.05, 4.69) is 27.7 Å². The third-order valence-electron chi connectivity index (χ3n) is 2.72. The second-order valence-electron chi connectivity index (χ2n) is 4.01. The summed E-state index contributed by atoms with van der Waals surface area (Å²) in [7, 11) is 0. The van der Waals surface area contributed by atoms with Gasteiger partial charge in [0, 0.05) is 0 Å². The Balaban J connectivity index is 2.34. The van der Waals surface area contributed by atoms with Crippen molar-refractivity contribution in [2.45, 2.75) is 20.4 Å². The lowest BCUT2D eigenvalue weighted by atomic mass is 10.1. The molecule has 0 fully saturated rings. The monoisotopic (exact) mass is 345 g/mol. The third-order valence-corrected chi connectivity index (χ3v) is 4.05. The first-order valence-electron chi connectivity index (χ1n) is 5.22. The van der Waals surface area contributed by atoms with Crippen LogP contribution in [0.2, 0.25) is 0 Å². The fraction of sp³-hybridized carbons (Fsp3) is 0.250. The summed E-state index contributed by atoms with van der Waals surface area (Å²) in [6.45, 7) is 4.38. The fourth-order valence-electron chi connectivity index (χ4n) is 1.70. The van der Waals surface area contributed by atoms with Gasteiger partial charge in [-0.2, -0.15) is 5.10 Å². The minimum Gasteiger partial charge on any atom is -0.383 e. The number of aromatic nitrogens is 2. The highest BCUT2D eigenvalue weighted by Crippen LogP contribution is 2.20. The van der Waals surface area contributed by atoms with E-state index in [1.54, 1.807) is 10.7 Å². The van der Waals surface area contributed by atoms with Crippen LogP contribution in [-0.4, -0.2) is 9.78 Å². The Kier molecular flexibility index (Phi) is 3.37. The summed E-state index contributed by atoms with van der Waals surface area (Å²) in [6.07, 6.45) is 0. The van der Waals surface area contributed by atoms with Crippen molar-refractivity contribution in [3.63, 3.8) is 0 Å². The van der Waals surface area contributed by atoms with Gasteiger partial charge in [0.15, 0.2) is 0 Å². The average molecular weight is 345 g/mol. The van der Waals surface area contributed by atoms with Gasteiger partial charge in [-0.15, -0.1) is 0 Å². The standard InChI is InChI=1S/C12H13FIN3/c1-7-5-10(13)4-3-9(7)6-17-12(15)11(14)8(2)16-17/h3-5H,6,15H2,1-2H3. The topological polar surface area (TPSA) is 43.8 Å². The van der Waals surface area contributed by atoms with E-state index in [1.165, 1.54) is 12.1 Å². The van der Waals surface area contributed by atoms with Crippen molar-refractivity contribution >= 4 is 28.4 Å². The van der Waals surface area contributed by atoms with Crippen molar-refractivity contribution in [3.8, 4) is 0 Å². The number of benzene rings is 1. The number of nitrogens with two attached hydrogens (primary N) is 1. The maximum atomic E-state index is 13.0. The van der Waals surface area contributed by atoms with Crippen LogP contribution in [-0.2, 0) is 6.54 Å². The van der Waals surface area contributed by atoms with E-state index in [4.69, 9.17) is 5.73 Å². The molecule has 2 rings (SSSR count). The Morgan fingerprint density at radius 2 is 2.12 bits per heavy atom. The number of aryl methyl sites for hydroxylation is 2. The predicted octanol–water partition coefficient (Wildman–Crippen LogP) is 2.87. The summed E-state index contributed by atoms with van der Waals surface area (Å²) >= 11 is 2.18. The Morgan fingerprint density at radius 3 is 2.65 bits per heavy atom. The molecule has 0 unspecified atom stereocenters. The van der Waals surface area contributed by atoms with Crippen LogP contribution in [0.25, 0.3) is 0 Å². The fourth-order valence-corrected chi connectivity index (χ4v) is 2.08. The molecular formula is C12H13FIN3. The first-order chi connectivity index (χ1) is 7.99. The van der Waals surface area contributed by atoms with Gasteiger partial charge in [0.2, 0.25) is 0 Å². The Hall–Kier alpha value is -1.11. The van der Waals surface area contributed by atoms with Crippen molar-refractivity contribution in [1.82, 2.24) is 9.78 Å². The lowest BCUT2D eigenvalue weighted by molar-refractivity contribution is 0.622. The van der Waals surface area contributed by atoms with Crippen molar-refractivity contribution in [1.29, 1.82) is 0 Å². The lowest BCUT2D eigenvalue weighted by Crippen LogP contribution is -2.07. The molecule has 0 saturated heterocycles. The molecule has 0 atom stereocenters. The smallest absolute Gasteiger partial charge is 0.135 e. The van der Waals surface area contributed by atoms with Gasteiger partial charge in [0.25, 0.3) is 0 Å². The zero-order valence-electron chi connectivity index (χ0n) is 9.67. The van der Waals surface area contributed by atoms with Crippen LogP contribution in [0.15, 0.2) is 18.2 Å². The molecule has 17 heavy (non-hydrogen) atoms. The molecule has 0 saturated carbocycles. The van der Waals surface area contributed by atoms with Gasteiger partial charge in [-0.25, -0.2) is 9.07 Å². The van der Waals surface area contributed by atoms with Gasteiger partial charge in [-0.1, -0.05) is 6.07 Å². The number of hydrogen-bond acceptors (Lipinski definition) is 2. The van der Waals surface area contributed by atoms with Crippen LogP contribution in [0.3, 0.4) is 0 Å². The molecule has 2 N–H and O–H groups in total. The van der Waals surface area contributed by atoms with E-state index >= 15 is 0 Å². The van der Waals surface area contributed by atoms with E-state index in [0.717, 1.165) is 20.4 Å². The lowest BCUT2D eigenvalue weighted by Gasteiger charge is -2.07. The predicted molar refractivity (Wildman–Crippen MR) is 74.3 cm³/mol. The van der Waals surface area contributed by atoms with Crippen molar-refractivity contribution < 1.29 is 4.39 Å². The van der Waals surface area contributed by atoms with Crippen molar-refractivity contribution in [2.75, 3.05) is 5.73 Å². The molecule has 1 heterocycles. The highest BCUT2D eigenvalue weighted by molar-refractivity contribution is 14.1. The van der Waals surface area contributed by atoms with Crippen LogP contribution in [0, 0.1) is 23.2 Å². The van der Waals surface area contributed by atoms with Gasteiger partial charge in [-0.3, -0.25) is 0 Å². The molecule has 0 spiro atoms. The molecule has 0 aliphatic carbocycles. The van der Waals surface area contributed by atoms with E-state index in [9.17, 15) is 4.39 Å². The minimum absolute atomic E-state index is 0.217. The molecule has 0 radical (unpaired) electrons. The largest absolute Gasteiger partial charge is 0.383 e. The van der Waals surface area contributed by atoms with Gasteiger partial charge < -0.3 is 5.73 Å². The molecule has 0 bridgehead atoms. The van der Waals surface area contributed by atoms with Gasteiger partial charge in [0.05, 0.1) is 15.8 Å². The molecule has 1 aromatic carbocycles. The number of nitrogen functional groups attached to an aromatic ring is 1. The van der Waals surface area contributed by atoms with Gasteiger partial charge in [-0.05, 0) is 59.7 Å². The number of hydrogen-bond donors (Lipinski definition) is 1. The summed E-state index contributed by atoms with van der Waals surface area (Å²) in [6, 6.07) is 4.75.